The van der Waals surface area contributed by atoms with Gasteiger partial charge in [0.2, 0.25) is 0 Å². The maximum absolute atomic E-state index is 14.0. The number of urea groups is 1. The highest BCUT2D eigenvalue weighted by molar-refractivity contribution is 6.30. The van der Waals surface area contributed by atoms with Gasteiger partial charge in [0.05, 0.1) is 18.7 Å². The van der Waals surface area contributed by atoms with Crippen LogP contribution in [0.15, 0.2) is 42.5 Å². The van der Waals surface area contributed by atoms with Crippen LogP contribution in [0, 0.1) is 11.6 Å². The second-order valence-electron chi connectivity index (χ2n) is 7.49. The first-order chi connectivity index (χ1) is 14.3. The van der Waals surface area contributed by atoms with E-state index >= 15 is 0 Å². The number of likely N-dealkylation sites (tertiary alicyclic amines) is 1. The van der Waals surface area contributed by atoms with Gasteiger partial charge in [0, 0.05) is 11.6 Å². The smallest absolute Gasteiger partial charge is 0.325 e. The minimum absolute atomic E-state index is 0.0411. The van der Waals surface area contributed by atoms with E-state index in [-0.39, 0.29) is 19.6 Å². The predicted molar refractivity (Wildman–Crippen MR) is 105 cm³/mol. The normalized spacial score (nSPS) is 21.3. The summed E-state index contributed by atoms with van der Waals surface area (Å²) in [5, 5.41) is 3.20. The number of nitrogens with zero attached hydrogens (tertiary/aromatic N) is 2. The van der Waals surface area contributed by atoms with Crippen LogP contribution in [0.4, 0.5) is 13.6 Å². The molecule has 2 aromatic carbocycles. The van der Waals surface area contributed by atoms with Gasteiger partial charge in [0.15, 0.2) is 0 Å². The molecule has 0 aromatic heterocycles. The standard InChI is InChI=1S/C21H18ClF2N3O3/c22-14-4-1-3-13(9-14)11-27-19(29)21(25-20(27)30)7-2-8-26(12-21)18(28)16-10-15(23)5-6-17(16)24/h1,3-6,9-10H,2,7-8,11-12H2,(H,25,30)/t21-/m0/s1. The number of nitrogens with one attached hydrogen (secondary N) is 1. The van der Waals surface area contributed by atoms with Crippen molar-refractivity contribution in [1.29, 1.82) is 0 Å². The molecule has 2 saturated heterocycles. The first-order valence-electron chi connectivity index (χ1n) is 9.42. The molecule has 9 heteroatoms. The molecule has 0 aliphatic carbocycles. The Morgan fingerprint density at radius 1 is 1.17 bits per heavy atom. The van der Waals surface area contributed by atoms with Gasteiger partial charge >= 0.3 is 6.03 Å². The summed E-state index contributed by atoms with van der Waals surface area (Å²) >= 11 is 5.98. The van der Waals surface area contributed by atoms with E-state index < -0.39 is 40.6 Å². The summed E-state index contributed by atoms with van der Waals surface area (Å²) in [6.45, 7) is 0.200. The first-order valence-corrected chi connectivity index (χ1v) is 9.80. The molecule has 2 aliphatic rings. The van der Waals surface area contributed by atoms with Crippen LogP contribution in [0.5, 0.6) is 0 Å². The number of amides is 4. The summed E-state index contributed by atoms with van der Waals surface area (Å²) in [5.74, 6) is -2.75. The van der Waals surface area contributed by atoms with Gasteiger partial charge < -0.3 is 10.2 Å². The average molecular weight is 434 g/mol. The molecule has 2 aromatic rings. The number of rotatable bonds is 3. The van der Waals surface area contributed by atoms with Crippen molar-refractivity contribution in [2.24, 2.45) is 0 Å². The Morgan fingerprint density at radius 2 is 1.97 bits per heavy atom. The number of halogens is 3. The highest BCUT2D eigenvalue weighted by Gasteiger charge is 2.53. The molecule has 6 nitrogen and oxygen atoms in total. The van der Waals surface area contributed by atoms with E-state index in [4.69, 9.17) is 11.6 Å². The quantitative estimate of drug-likeness (QED) is 0.755. The maximum Gasteiger partial charge on any atom is 0.325 e. The molecule has 0 bridgehead atoms. The second-order valence-corrected chi connectivity index (χ2v) is 7.92. The van der Waals surface area contributed by atoms with Crippen molar-refractivity contribution in [3.63, 3.8) is 0 Å². The lowest BCUT2D eigenvalue weighted by atomic mass is 9.88. The maximum atomic E-state index is 14.0. The molecule has 1 spiro atoms. The zero-order valence-corrected chi connectivity index (χ0v) is 16.6. The van der Waals surface area contributed by atoms with E-state index in [2.05, 4.69) is 5.32 Å². The van der Waals surface area contributed by atoms with Crippen LogP contribution in [-0.4, -0.2) is 46.3 Å². The van der Waals surface area contributed by atoms with Crippen LogP contribution in [0.2, 0.25) is 5.02 Å². The molecule has 2 heterocycles. The van der Waals surface area contributed by atoms with Crippen LogP contribution >= 0.6 is 11.6 Å². The van der Waals surface area contributed by atoms with Crippen molar-refractivity contribution in [2.75, 3.05) is 13.1 Å². The van der Waals surface area contributed by atoms with Crippen LogP contribution in [0.25, 0.3) is 0 Å². The summed E-state index contributed by atoms with van der Waals surface area (Å²) in [7, 11) is 0. The van der Waals surface area contributed by atoms with E-state index in [0.29, 0.717) is 23.4 Å². The summed E-state index contributed by atoms with van der Waals surface area (Å²) in [5.41, 5.74) is -0.999. The molecule has 0 saturated carbocycles. The van der Waals surface area contributed by atoms with Gasteiger partial charge in [-0.25, -0.2) is 13.6 Å². The van der Waals surface area contributed by atoms with Crippen LogP contribution in [0.1, 0.15) is 28.8 Å². The second kappa shape index (κ2) is 7.68. The molecule has 1 atom stereocenters. The number of carbonyl (C=O) groups is 3. The number of piperidine rings is 1. The predicted octanol–water partition coefficient (Wildman–Crippen LogP) is 3.35. The van der Waals surface area contributed by atoms with Crippen molar-refractivity contribution in [3.05, 3.63) is 70.2 Å². The van der Waals surface area contributed by atoms with Gasteiger partial charge in [-0.05, 0) is 48.7 Å². The minimum Gasteiger partial charge on any atom is -0.336 e. The lowest BCUT2D eigenvalue weighted by molar-refractivity contribution is -0.133. The van der Waals surface area contributed by atoms with Crippen LogP contribution in [0.3, 0.4) is 0 Å². The fraction of sp³-hybridized carbons (Fsp3) is 0.286. The Kier molecular flexibility index (Phi) is 5.19. The first kappa shape index (κ1) is 20.3. The van der Waals surface area contributed by atoms with E-state index in [1.807, 2.05) is 0 Å². The molecule has 30 heavy (non-hydrogen) atoms. The largest absolute Gasteiger partial charge is 0.336 e. The fourth-order valence-electron chi connectivity index (χ4n) is 3.98. The average Bonchev–Trinajstić information content (AvgIpc) is 2.93. The Balaban J connectivity index is 1.55. The molecule has 4 amide bonds. The fourth-order valence-corrected chi connectivity index (χ4v) is 4.19. The Morgan fingerprint density at radius 3 is 2.73 bits per heavy atom. The van der Waals surface area contributed by atoms with Gasteiger partial charge in [0.1, 0.15) is 17.2 Å². The highest BCUT2D eigenvalue weighted by atomic mass is 35.5. The van der Waals surface area contributed by atoms with E-state index in [0.717, 1.165) is 23.1 Å². The van der Waals surface area contributed by atoms with E-state index in [1.54, 1.807) is 24.3 Å². The number of hydrogen-bond acceptors (Lipinski definition) is 3. The molecule has 0 radical (unpaired) electrons. The van der Waals surface area contributed by atoms with Crippen molar-refractivity contribution >= 4 is 29.4 Å². The highest BCUT2D eigenvalue weighted by Crippen LogP contribution is 2.30. The summed E-state index contributed by atoms with van der Waals surface area (Å²) in [4.78, 5) is 40.8. The Labute approximate surface area is 176 Å². The van der Waals surface area contributed by atoms with Gasteiger partial charge in [-0.3, -0.25) is 14.5 Å². The van der Waals surface area contributed by atoms with Gasteiger partial charge in [-0.1, -0.05) is 23.7 Å². The monoisotopic (exact) mass is 433 g/mol. The van der Waals surface area contributed by atoms with Crippen molar-refractivity contribution in [2.45, 2.75) is 24.9 Å². The lowest BCUT2D eigenvalue weighted by Crippen LogP contribution is -2.59. The van der Waals surface area contributed by atoms with E-state index in [9.17, 15) is 23.2 Å². The van der Waals surface area contributed by atoms with Gasteiger partial charge in [0.25, 0.3) is 11.8 Å². The zero-order chi connectivity index (χ0) is 21.5. The third-order valence-corrected chi connectivity index (χ3v) is 5.65. The summed E-state index contributed by atoms with van der Waals surface area (Å²) in [6, 6.07) is 8.91. The molecular formula is C21H18ClF2N3O3. The molecule has 156 valence electrons. The SMILES string of the molecule is O=C(c1cc(F)ccc1F)N1CCC[C@@]2(C1)NC(=O)N(Cc1cccc(Cl)c1)C2=O. The molecule has 4 rings (SSSR count). The zero-order valence-electron chi connectivity index (χ0n) is 15.8. The molecular weight excluding hydrogens is 416 g/mol. The number of benzene rings is 2. The van der Waals surface area contributed by atoms with Crippen molar-refractivity contribution < 1.29 is 23.2 Å². The third kappa shape index (κ3) is 3.63. The molecule has 2 fully saturated rings. The van der Waals surface area contributed by atoms with Crippen LogP contribution in [-0.2, 0) is 11.3 Å². The van der Waals surface area contributed by atoms with Crippen molar-refractivity contribution in [3.8, 4) is 0 Å². The van der Waals surface area contributed by atoms with E-state index in [1.165, 1.54) is 4.90 Å². The number of carbonyl (C=O) groups excluding carboxylic acids is 3. The Bertz CT molecular complexity index is 1050. The molecule has 2 aliphatic heterocycles. The third-order valence-electron chi connectivity index (χ3n) is 5.41. The molecule has 0 unspecified atom stereocenters. The van der Waals surface area contributed by atoms with Gasteiger partial charge in [-0.2, -0.15) is 0 Å². The lowest BCUT2D eigenvalue weighted by Gasteiger charge is -2.38. The minimum atomic E-state index is -1.28. The van der Waals surface area contributed by atoms with Crippen molar-refractivity contribution in [1.82, 2.24) is 15.1 Å². The summed E-state index contributed by atoms with van der Waals surface area (Å²) < 4.78 is 27.6. The number of imide groups is 1. The topological polar surface area (TPSA) is 69.7 Å². The molecule has 1 N–H and O–H groups in total. The Hall–Kier alpha value is -3.00. The summed E-state index contributed by atoms with van der Waals surface area (Å²) in [6.07, 6.45) is 0.777. The van der Waals surface area contributed by atoms with Crippen LogP contribution < -0.4 is 5.32 Å². The number of hydrogen-bond donors (Lipinski definition) is 1. The van der Waals surface area contributed by atoms with Gasteiger partial charge in [-0.15, -0.1) is 0 Å².